The molecule has 0 radical (unpaired) electrons. The van der Waals surface area contributed by atoms with Gasteiger partial charge < -0.3 is 40.9 Å². The summed E-state index contributed by atoms with van der Waals surface area (Å²) in [7, 11) is 0. The summed E-state index contributed by atoms with van der Waals surface area (Å²) in [5.74, 6) is 1.56. The second kappa shape index (κ2) is 23.6. The zero-order chi connectivity index (χ0) is 43.9. The van der Waals surface area contributed by atoms with Gasteiger partial charge in [0, 0.05) is 49.9 Å². The van der Waals surface area contributed by atoms with Crippen LogP contribution < -0.4 is 0 Å². The molecular weight excluding hydrogens is 753 g/mol. The Bertz CT molecular complexity index is 1900. The fourth-order valence-electron chi connectivity index (χ4n) is 9.02. The molecule has 8 heteroatoms. The largest absolute Gasteiger partial charge is 0.507 e. The summed E-state index contributed by atoms with van der Waals surface area (Å²) in [6.45, 7) is 12.7. The quantitative estimate of drug-likeness (QED) is 0.0343. The van der Waals surface area contributed by atoms with Crippen LogP contribution in [-0.4, -0.2) is 67.3 Å². The number of unbranched alkanes of at least 4 members (excludes halogenated alkanes) is 2. The van der Waals surface area contributed by atoms with Gasteiger partial charge >= 0.3 is 0 Å². The van der Waals surface area contributed by atoms with E-state index in [1.807, 2.05) is 64.1 Å². The molecule has 1 aliphatic rings. The second-order valence-corrected chi connectivity index (χ2v) is 17.3. The van der Waals surface area contributed by atoms with Crippen LogP contribution in [0.1, 0.15) is 138 Å². The third kappa shape index (κ3) is 13.1. The number of phenolic OH excluding ortho intramolecular Hbond substituents is 4. The monoisotopic (exact) mass is 825 g/mol. The van der Waals surface area contributed by atoms with Crippen LogP contribution in [0.5, 0.6) is 23.0 Å². The maximum atomic E-state index is 11.2. The lowest BCUT2D eigenvalue weighted by Crippen LogP contribution is -2.24. The van der Waals surface area contributed by atoms with E-state index in [0.29, 0.717) is 36.7 Å². The highest BCUT2D eigenvalue weighted by molar-refractivity contribution is 5.55. The molecule has 1 aliphatic carbocycles. The van der Waals surface area contributed by atoms with Crippen LogP contribution in [0.4, 0.5) is 0 Å². The van der Waals surface area contributed by atoms with Gasteiger partial charge in [-0.2, -0.15) is 0 Å². The highest BCUT2D eigenvalue weighted by Gasteiger charge is 2.35. The first-order valence-electron chi connectivity index (χ1n) is 22.1. The minimum absolute atomic E-state index is 0.134. The minimum Gasteiger partial charge on any atom is -0.507 e. The molecule has 0 aliphatic heterocycles. The Morgan fingerprint density at radius 1 is 0.483 bits per heavy atom. The first kappa shape index (κ1) is 48.3. The van der Waals surface area contributed by atoms with Gasteiger partial charge in [0.25, 0.3) is 0 Å². The van der Waals surface area contributed by atoms with Gasteiger partial charge in [0.1, 0.15) is 23.0 Å². The summed E-state index contributed by atoms with van der Waals surface area (Å²) in [6.07, 6.45) is 12.7. The third-order valence-corrected chi connectivity index (χ3v) is 12.2. The zero-order valence-corrected chi connectivity index (χ0v) is 37.0. The molecule has 328 valence electrons. The van der Waals surface area contributed by atoms with Gasteiger partial charge in [0.05, 0.1) is 0 Å². The van der Waals surface area contributed by atoms with E-state index in [1.54, 1.807) is 0 Å². The van der Waals surface area contributed by atoms with Crippen molar-refractivity contribution >= 4 is 0 Å². The molecule has 0 saturated heterocycles. The molecule has 0 amide bonds. The molecule has 0 saturated carbocycles. The van der Waals surface area contributed by atoms with E-state index in [0.717, 1.165) is 131 Å². The van der Waals surface area contributed by atoms with Gasteiger partial charge in [0.15, 0.2) is 0 Å². The van der Waals surface area contributed by atoms with Crippen molar-refractivity contribution < 1.29 is 40.9 Å². The molecule has 2 unspecified atom stereocenters. The first-order valence-corrected chi connectivity index (χ1v) is 22.1. The van der Waals surface area contributed by atoms with E-state index in [9.17, 15) is 30.6 Å². The van der Waals surface area contributed by atoms with Crippen molar-refractivity contribution in [2.45, 2.75) is 131 Å². The van der Waals surface area contributed by atoms with Gasteiger partial charge in [-0.25, -0.2) is 0 Å². The van der Waals surface area contributed by atoms with E-state index in [1.165, 1.54) is 5.57 Å². The SMILES string of the molecule is CC1=CC(C)C(C(c2cc(CCCO)cc(C)c2O)c2cc(CCCO)cc(C)c2O)CC1.Cc1cc(CCCCO)cc(Cc2cc(CCCCO)cc(C)c2O)c1O. The second-order valence-electron chi connectivity index (χ2n) is 17.3. The molecule has 0 spiro atoms. The average Bonchev–Trinajstić information content (AvgIpc) is 3.21. The number of aromatic hydroxyl groups is 4. The molecule has 2 atom stereocenters. The van der Waals surface area contributed by atoms with Crippen LogP contribution in [-0.2, 0) is 32.1 Å². The fourth-order valence-corrected chi connectivity index (χ4v) is 9.02. The van der Waals surface area contributed by atoms with E-state index in [4.69, 9.17) is 10.2 Å². The topological polar surface area (TPSA) is 162 Å². The highest BCUT2D eigenvalue weighted by Crippen LogP contribution is 2.49. The highest BCUT2D eigenvalue weighted by atomic mass is 16.3. The van der Waals surface area contributed by atoms with Gasteiger partial charge in [-0.3, -0.25) is 0 Å². The van der Waals surface area contributed by atoms with Crippen LogP contribution >= 0.6 is 0 Å². The lowest BCUT2D eigenvalue weighted by molar-refractivity contribution is 0.284. The molecule has 0 fully saturated rings. The Balaban J connectivity index is 0.000000270. The van der Waals surface area contributed by atoms with E-state index >= 15 is 0 Å². The van der Waals surface area contributed by atoms with Crippen molar-refractivity contribution in [3.8, 4) is 23.0 Å². The number of aliphatic hydroxyl groups is 4. The Kier molecular flexibility index (Phi) is 19.0. The van der Waals surface area contributed by atoms with Gasteiger partial charge in [-0.05, 0) is 179 Å². The Morgan fingerprint density at radius 3 is 1.23 bits per heavy atom. The van der Waals surface area contributed by atoms with Crippen LogP contribution in [0.3, 0.4) is 0 Å². The standard InChI is InChI=1S/C29H40O4.C23H32O4/c1-18-9-10-24(19(2)13-18)27(25-16-22(7-5-11-30)14-20(3)28(25)32)26-17-23(8-6-12-31)15-21(4)29(26)33;1-16-11-18(7-3-5-9-24)13-20(22(16)26)15-21-14-19(8-4-6-10-25)12-17(2)23(21)27/h13-17,19,24,27,30-33H,5-12H2,1-4H3;11-14,24-27H,3-10,15H2,1-2H3. The molecule has 8 nitrogen and oxygen atoms in total. The first-order chi connectivity index (χ1) is 28.7. The van der Waals surface area contributed by atoms with Crippen LogP contribution in [0.2, 0.25) is 0 Å². The fraction of sp³-hybridized carbons (Fsp3) is 0.500. The molecule has 60 heavy (non-hydrogen) atoms. The van der Waals surface area contributed by atoms with E-state index in [2.05, 4.69) is 32.1 Å². The molecule has 8 N–H and O–H groups in total. The Hall–Kier alpha value is -4.34. The average molecular weight is 825 g/mol. The van der Waals surface area contributed by atoms with Crippen LogP contribution in [0, 0.1) is 39.5 Å². The van der Waals surface area contributed by atoms with Crippen molar-refractivity contribution in [3.63, 3.8) is 0 Å². The van der Waals surface area contributed by atoms with E-state index < -0.39 is 0 Å². The number of hydrogen-bond acceptors (Lipinski definition) is 8. The smallest absolute Gasteiger partial charge is 0.122 e. The molecule has 4 aromatic rings. The maximum Gasteiger partial charge on any atom is 0.122 e. The summed E-state index contributed by atoms with van der Waals surface area (Å²) in [5, 5.41) is 80.1. The zero-order valence-electron chi connectivity index (χ0n) is 37.0. The summed E-state index contributed by atoms with van der Waals surface area (Å²) >= 11 is 0. The number of aliphatic hydroxyl groups excluding tert-OH is 4. The van der Waals surface area contributed by atoms with Gasteiger partial charge in [-0.15, -0.1) is 0 Å². The van der Waals surface area contributed by atoms with Crippen LogP contribution in [0.25, 0.3) is 0 Å². The number of rotatable bonds is 19. The number of benzene rings is 4. The van der Waals surface area contributed by atoms with Crippen molar-refractivity contribution in [2.24, 2.45) is 11.8 Å². The lowest BCUT2D eigenvalue weighted by atomic mass is 9.68. The van der Waals surface area contributed by atoms with Gasteiger partial charge in [-0.1, -0.05) is 67.1 Å². The molecule has 0 aromatic heterocycles. The Labute approximate surface area is 358 Å². The number of allylic oxidation sites excluding steroid dienone is 2. The molecule has 0 heterocycles. The molecule has 4 aromatic carbocycles. The lowest BCUT2D eigenvalue weighted by Gasteiger charge is -2.36. The normalized spacial score (nSPS) is 15.2. The number of hydrogen-bond donors (Lipinski definition) is 8. The molecule has 5 rings (SSSR count). The number of phenols is 4. The van der Waals surface area contributed by atoms with Crippen LogP contribution in [0.15, 0.2) is 60.2 Å². The minimum atomic E-state index is -0.148. The summed E-state index contributed by atoms with van der Waals surface area (Å²) in [5.41, 5.74) is 12.6. The van der Waals surface area contributed by atoms with Crippen molar-refractivity contribution in [3.05, 3.63) is 127 Å². The maximum absolute atomic E-state index is 11.2. The predicted molar refractivity (Wildman–Crippen MR) is 243 cm³/mol. The van der Waals surface area contributed by atoms with Crippen molar-refractivity contribution in [2.75, 3.05) is 26.4 Å². The Morgan fingerprint density at radius 2 is 0.850 bits per heavy atom. The summed E-state index contributed by atoms with van der Waals surface area (Å²) < 4.78 is 0. The third-order valence-electron chi connectivity index (χ3n) is 12.2. The molecular formula is C52H72O8. The van der Waals surface area contributed by atoms with Crippen molar-refractivity contribution in [1.82, 2.24) is 0 Å². The molecule has 0 bridgehead atoms. The predicted octanol–water partition coefficient (Wildman–Crippen LogP) is 9.62. The van der Waals surface area contributed by atoms with Crippen molar-refractivity contribution in [1.29, 1.82) is 0 Å². The summed E-state index contributed by atoms with van der Waals surface area (Å²) in [4.78, 5) is 0. The number of aryl methyl sites for hydroxylation is 8. The van der Waals surface area contributed by atoms with E-state index in [-0.39, 0.29) is 49.8 Å². The summed E-state index contributed by atoms with van der Waals surface area (Å²) in [6, 6.07) is 16.2. The van der Waals surface area contributed by atoms with Gasteiger partial charge in [0.2, 0.25) is 0 Å².